The van der Waals surface area contributed by atoms with Gasteiger partial charge in [-0.1, -0.05) is 19.1 Å². The molecule has 0 amide bonds. The number of nitrogens with zero attached hydrogens (tertiary/aromatic N) is 1. The molecule has 0 atom stereocenters. The summed E-state index contributed by atoms with van der Waals surface area (Å²) in [5.41, 5.74) is 2.08. The van der Waals surface area contributed by atoms with Crippen molar-refractivity contribution in [2.75, 3.05) is 26.1 Å². The molecule has 0 fully saturated rings. The Labute approximate surface area is 165 Å². The Morgan fingerprint density at radius 2 is 1.79 bits per heavy atom. The van der Waals surface area contributed by atoms with Crippen molar-refractivity contribution in [2.24, 2.45) is 0 Å². The zero-order valence-electron chi connectivity index (χ0n) is 16.5. The van der Waals surface area contributed by atoms with Crippen molar-refractivity contribution in [1.82, 2.24) is 4.57 Å². The van der Waals surface area contributed by atoms with E-state index in [1.165, 1.54) is 19.1 Å². The number of Topliss-reactive ketones (excluding diaryl/α,β-unsaturated/α-hetero) is 1. The summed E-state index contributed by atoms with van der Waals surface area (Å²) in [6.45, 7) is 5.87. The Bertz CT molecular complexity index is 975. The molecule has 152 valence electrons. The normalized spacial score (nSPS) is 11.4. The maximum absolute atomic E-state index is 12.5. The molecule has 2 aromatic rings. The second kappa shape index (κ2) is 9.16. The summed E-state index contributed by atoms with van der Waals surface area (Å²) in [7, 11) is -1.98. The van der Waals surface area contributed by atoms with Gasteiger partial charge in [-0.25, -0.2) is 13.2 Å². The van der Waals surface area contributed by atoms with Gasteiger partial charge in [0.2, 0.25) is 5.78 Å². The summed E-state index contributed by atoms with van der Waals surface area (Å²) in [4.78, 5) is 24.9. The molecule has 1 heterocycles. The molecule has 0 aliphatic carbocycles. The van der Waals surface area contributed by atoms with Gasteiger partial charge in [-0.05, 0) is 32.0 Å². The van der Waals surface area contributed by atoms with E-state index in [-0.39, 0.29) is 22.0 Å². The van der Waals surface area contributed by atoms with Gasteiger partial charge in [0.15, 0.2) is 16.4 Å². The molecule has 1 aromatic heterocycles. The minimum absolute atomic E-state index is 0.0669. The van der Waals surface area contributed by atoms with E-state index in [0.717, 1.165) is 11.4 Å². The predicted octanol–water partition coefficient (Wildman–Crippen LogP) is 2.58. The van der Waals surface area contributed by atoms with Crippen molar-refractivity contribution >= 4 is 21.6 Å². The lowest BCUT2D eigenvalue weighted by molar-refractivity contribution is 0.0470. The minimum atomic E-state index is -3.58. The molecule has 7 nitrogen and oxygen atoms in total. The van der Waals surface area contributed by atoms with Crippen LogP contribution < -0.4 is 0 Å². The fourth-order valence-electron chi connectivity index (χ4n) is 2.96. The van der Waals surface area contributed by atoms with Crippen molar-refractivity contribution in [3.63, 3.8) is 0 Å². The molecule has 0 N–H and O–H groups in total. The number of aromatic nitrogens is 1. The molecular weight excluding hydrogens is 382 g/mol. The number of ketones is 1. The van der Waals surface area contributed by atoms with Crippen LogP contribution in [0.5, 0.6) is 0 Å². The molecule has 0 unspecified atom stereocenters. The van der Waals surface area contributed by atoms with Crippen LogP contribution in [0.1, 0.15) is 39.0 Å². The molecule has 0 saturated heterocycles. The molecule has 28 heavy (non-hydrogen) atoms. The van der Waals surface area contributed by atoms with Crippen molar-refractivity contribution in [2.45, 2.75) is 32.2 Å². The number of carbonyl (C=O) groups is 2. The van der Waals surface area contributed by atoms with Crippen molar-refractivity contribution in [3.8, 4) is 0 Å². The van der Waals surface area contributed by atoms with E-state index in [4.69, 9.17) is 9.47 Å². The first-order valence-corrected chi connectivity index (χ1v) is 10.6. The summed E-state index contributed by atoms with van der Waals surface area (Å²) < 4.78 is 36.5. The summed E-state index contributed by atoms with van der Waals surface area (Å²) in [5.74, 6) is -1.32. The maximum Gasteiger partial charge on any atom is 0.339 e. The van der Waals surface area contributed by atoms with Crippen LogP contribution in [0.4, 0.5) is 0 Å². The van der Waals surface area contributed by atoms with Crippen LogP contribution in [0.15, 0.2) is 35.2 Å². The summed E-state index contributed by atoms with van der Waals surface area (Å²) >= 11 is 0. The Hall–Kier alpha value is -2.45. The number of esters is 1. The first-order chi connectivity index (χ1) is 13.2. The van der Waals surface area contributed by atoms with Crippen LogP contribution >= 0.6 is 0 Å². The predicted molar refractivity (Wildman–Crippen MR) is 105 cm³/mol. The van der Waals surface area contributed by atoms with Gasteiger partial charge < -0.3 is 14.0 Å². The van der Waals surface area contributed by atoms with E-state index in [1.54, 1.807) is 25.3 Å². The highest BCUT2D eigenvalue weighted by Crippen LogP contribution is 2.19. The Balaban J connectivity index is 2.16. The number of hydrogen-bond donors (Lipinski definition) is 0. The number of carbonyl (C=O) groups excluding carboxylic acids is 2. The van der Waals surface area contributed by atoms with E-state index < -0.39 is 22.4 Å². The third-order valence-electron chi connectivity index (χ3n) is 4.55. The molecule has 0 spiro atoms. The fraction of sp³-hybridized carbons (Fsp3) is 0.400. The van der Waals surface area contributed by atoms with Crippen LogP contribution in [0.2, 0.25) is 0 Å². The Morgan fingerprint density at radius 3 is 2.43 bits per heavy atom. The van der Waals surface area contributed by atoms with Crippen molar-refractivity contribution in [1.29, 1.82) is 0 Å². The summed E-state index contributed by atoms with van der Waals surface area (Å²) in [6, 6.07) is 7.58. The number of aryl methyl sites for hydroxylation is 1. The van der Waals surface area contributed by atoms with Gasteiger partial charge in [0, 0.05) is 30.6 Å². The lowest BCUT2D eigenvalue weighted by Crippen LogP contribution is -2.18. The lowest BCUT2D eigenvalue weighted by atomic mass is 10.1. The second-order valence-corrected chi connectivity index (χ2v) is 8.57. The summed E-state index contributed by atoms with van der Waals surface area (Å²) in [5, 5.41) is 0. The summed E-state index contributed by atoms with van der Waals surface area (Å²) in [6.07, 6.45) is 0. The standard InChI is InChI=1S/C20H25NO6S/c1-5-28(24,25)19-9-7-6-8-16(19)20(23)27-13-18(22)17-12-14(2)21(15(17)3)10-11-26-4/h6-9,12H,5,10-11,13H2,1-4H3. The highest BCUT2D eigenvalue weighted by Gasteiger charge is 2.23. The molecule has 0 radical (unpaired) electrons. The zero-order valence-corrected chi connectivity index (χ0v) is 17.3. The highest BCUT2D eigenvalue weighted by atomic mass is 32.2. The molecule has 1 aromatic carbocycles. The zero-order chi connectivity index (χ0) is 20.9. The average molecular weight is 407 g/mol. The van der Waals surface area contributed by atoms with Gasteiger partial charge >= 0.3 is 5.97 Å². The van der Waals surface area contributed by atoms with Crippen molar-refractivity contribution < 1.29 is 27.5 Å². The second-order valence-electron chi connectivity index (χ2n) is 6.33. The largest absolute Gasteiger partial charge is 0.454 e. The van der Waals surface area contributed by atoms with E-state index >= 15 is 0 Å². The van der Waals surface area contributed by atoms with Gasteiger partial charge in [0.05, 0.1) is 22.8 Å². The minimum Gasteiger partial charge on any atom is -0.454 e. The first-order valence-electron chi connectivity index (χ1n) is 8.90. The molecular formula is C20H25NO6S. The number of rotatable bonds is 9. The molecule has 0 aliphatic rings. The average Bonchev–Trinajstić information content (AvgIpc) is 2.97. The van der Waals surface area contributed by atoms with Gasteiger partial charge in [-0.2, -0.15) is 0 Å². The molecule has 0 bridgehead atoms. The van der Waals surface area contributed by atoms with Gasteiger partial charge in [0.25, 0.3) is 0 Å². The topological polar surface area (TPSA) is 91.7 Å². The van der Waals surface area contributed by atoms with E-state index in [9.17, 15) is 18.0 Å². The third kappa shape index (κ3) is 4.69. The third-order valence-corrected chi connectivity index (χ3v) is 6.34. The smallest absolute Gasteiger partial charge is 0.339 e. The highest BCUT2D eigenvalue weighted by molar-refractivity contribution is 7.91. The SMILES string of the molecule is CCS(=O)(=O)c1ccccc1C(=O)OCC(=O)c1cc(C)n(CCOC)c1C. The molecule has 2 rings (SSSR count). The van der Waals surface area contributed by atoms with Crippen molar-refractivity contribution in [3.05, 3.63) is 52.8 Å². The fourth-order valence-corrected chi connectivity index (χ4v) is 4.04. The van der Waals surface area contributed by atoms with Gasteiger partial charge in [-0.15, -0.1) is 0 Å². The number of benzene rings is 1. The maximum atomic E-state index is 12.5. The lowest BCUT2D eigenvalue weighted by Gasteiger charge is -2.10. The Morgan fingerprint density at radius 1 is 1.11 bits per heavy atom. The Kier molecular flexibility index (Phi) is 7.15. The molecule has 8 heteroatoms. The molecule has 0 saturated carbocycles. The van der Waals surface area contributed by atoms with Crippen LogP contribution in [0.25, 0.3) is 0 Å². The monoisotopic (exact) mass is 407 g/mol. The van der Waals surface area contributed by atoms with E-state index in [0.29, 0.717) is 18.7 Å². The van der Waals surface area contributed by atoms with E-state index in [2.05, 4.69) is 0 Å². The van der Waals surface area contributed by atoms with Gasteiger partial charge in [0.1, 0.15) is 0 Å². The van der Waals surface area contributed by atoms with E-state index in [1.807, 2.05) is 18.4 Å². The number of sulfone groups is 1. The molecule has 0 aliphatic heterocycles. The van der Waals surface area contributed by atoms with Gasteiger partial charge in [-0.3, -0.25) is 4.79 Å². The van der Waals surface area contributed by atoms with Crippen LogP contribution in [0, 0.1) is 13.8 Å². The number of ether oxygens (including phenoxy) is 2. The number of hydrogen-bond acceptors (Lipinski definition) is 6. The van der Waals surface area contributed by atoms with Crippen LogP contribution in [-0.4, -0.2) is 50.8 Å². The number of methoxy groups -OCH3 is 1. The quantitative estimate of drug-likeness (QED) is 0.469. The van der Waals surface area contributed by atoms with Crippen LogP contribution in [0.3, 0.4) is 0 Å². The first kappa shape index (κ1) is 21.8. The van der Waals surface area contributed by atoms with Crippen LogP contribution in [-0.2, 0) is 25.9 Å².